The number of nitrogens with one attached hydrogen (secondary N) is 1. The molecule has 1 N–H and O–H groups in total. The van der Waals surface area contributed by atoms with Gasteiger partial charge in [-0.1, -0.05) is 39.0 Å². The van der Waals surface area contributed by atoms with Crippen LogP contribution in [0.15, 0.2) is 24.4 Å². The molecule has 1 heteroatoms. The first-order valence-corrected chi connectivity index (χ1v) is 5.53. The van der Waals surface area contributed by atoms with E-state index in [-0.39, 0.29) is 0 Å². The van der Waals surface area contributed by atoms with Gasteiger partial charge in [0.1, 0.15) is 0 Å². The standard InChI is InChI=1S/C13H25N/c1-7-13(12(6)10(2)3)8-9-14-11(4)5/h12-14H,2,4,7-9H2,1,3,5-6H3/t12?,13-/m0/s1. The fourth-order valence-corrected chi connectivity index (χ4v) is 1.68. The maximum atomic E-state index is 4.03. The summed E-state index contributed by atoms with van der Waals surface area (Å²) in [5.74, 6) is 1.38. The first kappa shape index (κ1) is 13.3. The van der Waals surface area contributed by atoms with E-state index in [9.17, 15) is 0 Å². The van der Waals surface area contributed by atoms with Crippen molar-refractivity contribution in [1.29, 1.82) is 0 Å². The Morgan fingerprint density at radius 2 is 1.86 bits per heavy atom. The quantitative estimate of drug-likeness (QED) is 0.610. The predicted octanol–water partition coefficient (Wildman–Crippen LogP) is 3.74. The van der Waals surface area contributed by atoms with Gasteiger partial charge in [-0.2, -0.15) is 0 Å². The van der Waals surface area contributed by atoms with Crippen molar-refractivity contribution in [3.63, 3.8) is 0 Å². The molecule has 0 aliphatic heterocycles. The summed E-state index contributed by atoms with van der Waals surface area (Å²) in [6.07, 6.45) is 2.43. The van der Waals surface area contributed by atoms with Crippen molar-refractivity contribution in [2.45, 2.75) is 40.5 Å². The Kier molecular flexibility index (Phi) is 6.35. The molecular formula is C13H25N. The van der Waals surface area contributed by atoms with Crippen molar-refractivity contribution in [2.75, 3.05) is 6.54 Å². The largest absolute Gasteiger partial charge is 0.389 e. The molecule has 0 aliphatic carbocycles. The lowest BCUT2D eigenvalue weighted by molar-refractivity contribution is 0.363. The topological polar surface area (TPSA) is 12.0 Å². The summed E-state index contributed by atoms with van der Waals surface area (Å²) in [4.78, 5) is 0. The summed E-state index contributed by atoms with van der Waals surface area (Å²) in [5.41, 5.74) is 2.36. The van der Waals surface area contributed by atoms with Crippen LogP contribution in [0.2, 0.25) is 0 Å². The maximum absolute atomic E-state index is 4.03. The first-order chi connectivity index (χ1) is 6.49. The molecule has 0 saturated heterocycles. The third-order valence-electron chi connectivity index (χ3n) is 2.95. The highest BCUT2D eigenvalue weighted by Gasteiger charge is 2.15. The molecule has 0 heterocycles. The van der Waals surface area contributed by atoms with Crippen molar-refractivity contribution in [1.82, 2.24) is 5.32 Å². The van der Waals surface area contributed by atoms with Crippen LogP contribution in [-0.2, 0) is 0 Å². The van der Waals surface area contributed by atoms with E-state index < -0.39 is 0 Å². The third kappa shape index (κ3) is 5.11. The second-order valence-electron chi connectivity index (χ2n) is 4.30. The minimum absolute atomic E-state index is 0.631. The van der Waals surface area contributed by atoms with Crippen LogP contribution in [-0.4, -0.2) is 6.54 Å². The average molecular weight is 195 g/mol. The molecule has 1 nitrogen and oxygen atoms in total. The summed E-state index contributed by atoms with van der Waals surface area (Å²) in [7, 11) is 0. The molecule has 0 bridgehead atoms. The van der Waals surface area contributed by atoms with Crippen LogP contribution < -0.4 is 5.32 Å². The van der Waals surface area contributed by atoms with Gasteiger partial charge in [0.25, 0.3) is 0 Å². The molecule has 82 valence electrons. The smallest absolute Gasteiger partial charge is 0.0146 e. The Bertz CT molecular complexity index is 193. The lowest BCUT2D eigenvalue weighted by atomic mass is 9.84. The van der Waals surface area contributed by atoms with Crippen LogP contribution in [0, 0.1) is 11.8 Å². The molecule has 0 aromatic heterocycles. The van der Waals surface area contributed by atoms with E-state index in [0.29, 0.717) is 5.92 Å². The van der Waals surface area contributed by atoms with Gasteiger partial charge in [0, 0.05) is 12.2 Å². The highest BCUT2D eigenvalue weighted by Crippen LogP contribution is 2.24. The molecule has 0 radical (unpaired) electrons. The molecule has 0 aromatic carbocycles. The van der Waals surface area contributed by atoms with Crippen LogP contribution >= 0.6 is 0 Å². The van der Waals surface area contributed by atoms with E-state index in [1.54, 1.807) is 0 Å². The van der Waals surface area contributed by atoms with Crippen molar-refractivity contribution < 1.29 is 0 Å². The number of rotatable bonds is 7. The van der Waals surface area contributed by atoms with Gasteiger partial charge in [-0.15, -0.1) is 0 Å². The summed E-state index contributed by atoms with van der Waals surface area (Å²) in [5, 5.41) is 3.28. The van der Waals surface area contributed by atoms with E-state index in [4.69, 9.17) is 0 Å². The van der Waals surface area contributed by atoms with E-state index in [0.717, 1.165) is 18.2 Å². The van der Waals surface area contributed by atoms with Crippen LogP contribution in [0.3, 0.4) is 0 Å². The zero-order valence-electron chi connectivity index (χ0n) is 10.2. The Morgan fingerprint density at radius 1 is 1.29 bits per heavy atom. The maximum Gasteiger partial charge on any atom is 0.0146 e. The normalized spacial score (nSPS) is 14.6. The van der Waals surface area contributed by atoms with Crippen LogP contribution in [0.1, 0.15) is 40.5 Å². The molecule has 0 spiro atoms. The van der Waals surface area contributed by atoms with Gasteiger partial charge >= 0.3 is 0 Å². The Morgan fingerprint density at radius 3 is 2.21 bits per heavy atom. The molecule has 1 unspecified atom stereocenters. The van der Waals surface area contributed by atoms with Crippen LogP contribution in [0.5, 0.6) is 0 Å². The van der Waals surface area contributed by atoms with Crippen molar-refractivity contribution in [3.05, 3.63) is 24.4 Å². The molecule has 0 saturated carbocycles. The van der Waals surface area contributed by atoms with E-state index >= 15 is 0 Å². The predicted molar refractivity (Wildman–Crippen MR) is 65.2 cm³/mol. The summed E-state index contributed by atoms with van der Waals surface area (Å²) < 4.78 is 0. The Balaban J connectivity index is 3.90. The lowest BCUT2D eigenvalue weighted by Gasteiger charge is -2.23. The third-order valence-corrected chi connectivity index (χ3v) is 2.95. The number of hydrogen-bond donors (Lipinski definition) is 1. The van der Waals surface area contributed by atoms with Gasteiger partial charge in [0.2, 0.25) is 0 Å². The van der Waals surface area contributed by atoms with Crippen molar-refractivity contribution in [3.8, 4) is 0 Å². The average Bonchev–Trinajstić information content (AvgIpc) is 2.10. The summed E-state index contributed by atoms with van der Waals surface area (Å²) in [6.45, 7) is 17.5. The van der Waals surface area contributed by atoms with Gasteiger partial charge in [0.15, 0.2) is 0 Å². The minimum atomic E-state index is 0.631. The summed E-state index contributed by atoms with van der Waals surface area (Å²) >= 11 is 0. The van der Waals surface area contributed by atoms with Crippen molar-refractivity contribution >= 4 is 0 Å². The first-order valence-electron chi connectivity index (χ1n) is 5.53. The lowest BCUT2D eigenvalue weighted by Crippen LogP contribution is -2.19. The molecule has 0 aromatic rings. The fourth-order valence-electron chi connectivity index (χ4n) is 1.68. The number of hydrogen-bond acceptors (Lipinski definition) is 1. The molecule has 14 heavy (non-hydrogen) atoms. The highest BCUT2D eigenvalue weighted by atomic mass is 14.9. The fraction of sp³-hybridized carbons (Fsp3) is 0.692. The number of allylic oxidation sites excluding steroid dienone is 2. The Labute approximate surface area is 89.3 Å². The molecule has 2 atom stereocenters. The van der Waals surface area contributed by atoms with E-state index in [1.165, 1.54) is 18.4 Å². The van der Waals surface area contributed by atoms with Crippen molar-refractivity contribution in [2.24, 2.45) is 11.8 Å². The zero-order chi connectivity index (χ0) is 11.1. The van der Waals surface area contributed by atoms with Gasteiger partial charge in [0.05, 0.1) is 0 Å². The Hall–Kier alpha value is -0.720. The molecule has 0 rings (SSSR count). The van der Waals surface area contributed by atoms with Gasteiger partial charge in [-0.3, -0.25) is 0 Å². The van der Waals surface area contributed by atoms with Gasteiger partial charge < -0.3 is 5.32 Å². The SMILES string of the molecule is C=C(C)NCC[C@H](CC)C(C)C(=C)C. The minimum Gasteiger partial charge on any atom is -0.389 e. The van der Waals surface area contributed by atoms with Gasteiger partial charge in [-0.25, -0.2) is 0 Å². The van der Waals surface area contributed by atoms with Gasteiger partial charge in [-0.05, 0) is 32.1 Å². The molecule has 0 aliphatic rings. The zero-order valence-corrected chi connectivity index (χ0v) is 10.2. The molecular weight excluding hydrogens is 170 g/mol. The highest BCUT2D eigenvalue weighted by molar-refractivity contribution is 4.97. The van der Waals surface area contributed by atoms with Crippen LogP contribution in [0.4, 0.5) is 0 Å². The second-order valence-corrected chi connectivity index (χ2v) is 4.30. The summed E-state index contributed by atoms with van der Waals surface area (Å²) in [6, 6.07) is 0. The molecule has 0 amide bonds. The van der Waals surface area contributed by atoms with E-state index in [2.05, 4.69) is 39.2 Å². The second kappa shape index (κ2) is 6.69. The monoisotopic (exact) mass is 195 g/mol. The van der Waals surface area contributed by atoms with Crippen LogP contribution in [0.25, 0.3) is 0 Å². The van der Waals surface area contributed by atoms with E-state index in [1.807, 2.05) is 6.92 Å². The molecule has 0 fully saturated rings.